The van der Waals surface area contributed by atoms with Crippen LogP contribution in [-0.2, 0) is 23.9 Å². The zero-order chi connectivity index (χ0) is 15.0. The fourth-order valence-corrected chi connectivity index (χ4v) is 1.79. The quantitative estimate of drug-likeness (QED) is 0.378. The van der Waals surface area contributed by atoms with Gasteiger partial charge in [-0.3, -0.25) is 9.59 Å². The largest absolute Gasteiger partial charge is 0.464 e. The molecule has 1 rings (SSSR count). The topological polar surface area (TPSA) is 72.9 Å². The number of amides is 1. The van der Waals surface area contributed by atoms with Crippen LogP contribution < -0.4 is 0 Å². The summed E-state index contributed by atoms with van der Waals surface area (Å²) in [6.45, 7) is 6.61. The van der Waals surface area contributed by atoms with E-state index < -0.39 is 5.97 Å². The van der Waals surface area contributed by atoms with E-state index >= 15 is 0 Å². The minimum atomic E-state index is -0.453. The highest BCUT2D eigenvalue weighted by molar-refractivity contribution is 5.86. The molecule has 0 aromatic rings. The molecule has 0 aliphatic carbocycles. The van der Waals surface area contributed by atoms with E-state index in [0.717, 1.165) is 13.0 Å². The van der Waals surface area contributed by atoms with Gasteiger partial charge < -0.3 is 14.4 Å². The molecule has 6 heteroatoms. The molecule has 0 unspecified atom stereocenters. The number of carbonyl (C=O) groups is 3. The molecule has 0 aromatic heterocycles. The molecule has 1 aliphatic heterocycles. The summed E-state index contributed by atoms with van der Waals surface area (Å²) in [4.78, 5) is 35.5. The lowest BCUT2D eigenvalue weighted by molar-refractivity contribution is -0.147. The maximum atomic E-state index is 11.4. The average molecular weight is 283 g/mol. The standard InChI is InChI=1S/C14H21NO5/c1-11(2)14(18)20-9-4-6-13(17)19-10-8-15-7-3-5-12(15)16/h1,3-10H2,2H3. The van der Waals surface area contributed by atoms with Gasteiger partial charge >= 0.3 is 11.9 Å². The van der Waals surface area contributed by atoms with Crippen molar-refractivity contribution in [2.75, 3.05) is 26.3 Å². The number of likely N-dealkylation sites (tertiary alicyclic amines) is 1. The number of hydrogen-bond acceptors (Lipinski definition) is 5. The first-order chi connectivity index (χ1) is 9.50. The van der Waals surface area contributed by atoms with Gasteiger partial charge in [0, 0.05) is 25.0 Å². The predicted molar refractivity (Wildman–Crippen MR) is 71.8 cm³/mol. The lowest BCUT2D eigenvalue weighted by atomic mass is 10.3. The van der Waals surface area contributed by atoms with Crippen LogP contribution in [0.5, 0.6) is 0 Å². The van der Waals surface area contributed by atoms with E-state index in [1.54, 1.807) is 11.8 Å². The van der Waals surface area contributed by atoms with Crippen LogP contribution in [0.4, 0.5) is 0 Å². The predicted octanol–water partition coefficient (Wildman–Crippen LogP) is 1.05. The summed E-state index contributed by atoms with van der Waals surface area (Å²) < 4.78 is 9.87. The zero-order valence-electron chi connectivity index (χ0n) is 11.9. The van der Waals surface area contributed by atoms with Crippen molar-refractivity contribution in [1.82, 2.24) is 4.90 Å². The van der Waals surface area contributed by atoms with Crippen molar-refractivity contribution in [3.8, 4) is 0 Å². The van der Waals surface area contributed by atoms with Gasteiger partial charge in [0.15, 0.2) is 0 Å². The highest BCUT2D eigenvalue weighted by Gasteiger charge is 2.19. The van der Waals surface area contributed by atoms with Gasteiger partial charge in [-0.25, -0.2) is 4.79 Å². The second-order valence-electron chi connectivity index (χ2n) is 4.72. The number of rotatable bonds is 8. The Morgan fingerprint density at radius 1 is 1.30 bits per heavy atom. The lowest BCUT2D eigenvalue weighted by Gasteiger charge is -2.15. The van der Waals surface area contributed by atoms with E-state index in [-0.39, 0.29) is 31.5 Å². The molecule has 6 nitrogen and oxygen atoms in total. The smallest absolute Gasteiger partial charge is 0.333 e. The van der Waals surface area contributed by atoms with Crippen molar-refractivity contribution in [1.29, 1.82) is 0 Å². The van der Waals surface area contributed by atoms with E-state index in [2.05, 4.69) is 6.58 Å². The van der Waals surface area contributed by atoms with Crippen LogP contribution in [0.25, 0.3) is 0 Å². The Balaban J connectivity index is 2.02. The molecule has 0 N–H and O–H groups in total. The maximum absolute atomic E-state index is 11.4. The summed E-state index contributed by atoms with van der Waals surface area (Å²) >= 11 is 0. The van der Waals surface area contributed by atoms with Gasteiger partial charge in [-0.1, -0.05) is 6.58 Å². The summed E-state index contributed by atoms with van der Waals surface area (Å²) in [5.41, 5.74) is 0.336. The Hall–Kier alpha value is -1.85. The van der Waals surface area contributed by atoms with Gasteiger partial charge in [0.25, 0.3) is 0 Å². The second kappa shape index (κ2) is 8.35. The van der Waals surface area contributed by atoms with Crippen LogP contribution in [0, 0.1) is 0 Å². The van der Waals surface area contributed by atoms with Crippen LogP contribution in [0.3, 0.4) is 0 Å². The summed E-state index contributed by atoms with van der Waals surface area (Å²) in [5.74, 6) is -0.679. The van der Waals surface area contributed by atoms with Crippen molar-refractivity contribution in [2.24, 2.45) is 0 Å². The van der Waals surface area contributed by atoms with Crippen molar-refractivity contribution in [3.63, 3.8) is 0 Å². The lowest BCUT2D eigenvalue weighted by Crippen LogP contribution is -2.29. The van der Waals surface area contributed by atoms with Gasteiger partial charge in [0.1, 0.15) is 6.61 Å². The van der Waals surface area contributed by atoms with Crippen molar-refractivity contribution < 1.29 is 23.9 Å². The van der Waals surface area contributed by atoms with Crippen LogP contribution in [-0.4, -0.2) is 49.0 Å². The van der Waals surface area contributed by atoms with Crippen LogP contribution >= 0.6 is 0 Å². The Morgan fingerprint density at radius 2 is 2.05 bits per heavy atom. The average Bonchev–Trinajstić information content (AvgIpc) is 2.80. The minimum absolute atomic E-state index is 0.118. The van der Waals surface area contributed by atoms with Gasteiger partial charge in [0.2, 0.25) is 5.91 Å². The number of ether oxygens (including phenoxy) is 2. The normalized spacial score (nSPS) is 14.2. The summed E-state index contributed by atoms with van der Waals surface area (Å²) in [7, 11) is 0. The third kappa shape index (κ3) is 5.86. The molecule has 1 fully saturated rings. The molecular weight excluding hydrogens is 262 g/mol. The molecular formula is C14H21NO5. The minimum Gasteiger partial charge on any atom is -0.464 e. The van der Waals surface area contributed by atoms with Crippen molar-refractivity contribution in [3.05, 3.63) is 12.2 Å². The van der Waals surface area contributed by atoms with Gasteiger partial charge in [0.05, 0.1) is 13.2 Å². The monoisotopic (exact) mass is 283 g/mol. The molecule has 0 saturated carbocycles. The van der Waals surface area contributed by atoms with Gasteiger partial charge in [-0.2, -0.15) is 0 Å². The van der Waals surface area contributed by atoms with Crippen molar-refractivity contribution in [2.45, 2.75) is 32.6 Å². The highest BCUT2D eigenvalue weighted by Crippen LogP contribution is 2.08. The second-order valence-corrected chi connectivity index (χ2v) is 4.72. The highest BCUT2D eigenvalue weighted by atomic mass is 16.5. The first-order valence-electron chi connectivity index (χ1n) is 6.76. The third-order valence-electron chi connectivity index (χ3n) is 2.90. The molecule has 0 bridgehead atoms. The Kier molecular flexibility index (Phi) is 6.76. The van der Waals surface area contributed by atoms with Gasteiger partial charge in [-0.15, -0.1) is 0 Å². The molecule has 1 heterocycles. The first kappa shape index (κ1) is 16.2. The maximum Gasteiger partial charge on any atom is 0.333 e. The van der Waals surface area contributed by atoms with E-state index in [1.807, 2.05) is 0 Å². The van der Waals surface area contributed by atoms with E-state index in [0.29, 0.717) is 25.0 Å². The molecule has 1 saturated heterocycles. The molecule has 1 aliphatic rings. The summed E-state index contributed by atoms with van der Waals surface area (Å²) in [6, 6.07) is 0. The molecule has 112 valence electrons. The van der Waals surface area contributed by atoms with Crippen LogP contribution in [0.15, 0.2) is 12.2 Å². The number of esters is 2. The molecule has 0 atom stereocenters. The molecule has 0 radical (unpaired) electrons. The van der Waals surface area contributed by atoms with E-state index in [9.17, 15) is 14.4 Å². The molecule has 20 heavy (non-hydrogen) atoms. The van der Waals surface area contributed by atoms with Gasteiger partial charge in [-0.05, 0) is 19.8 Å². The van der Waals surface area contributed by atoms with Crippen LogP contribution in [0.2, 0.25) is 0 Å². The fourth-order valence-electron chi connectivity index (χ4n) is 1.79. The van der Waals surface area contributed by atoms with Crippen molar-refractivity contribution >= 4 is 17.8 Å². The number of nitrogens with zero attached hydrogens (tertiary/aromatic N) is 1. The number of hydrogen-bond donors (Lipinski definition) is 0. The SMILES string of the molecule is C=C(C)C(=O)OCCCC(=O)OCCN1CCCC1=O. The molecule has 1 amide bonds. The van der Waals surface area contributed by atoms with Crippen LogP contribution in [0.1, 0.15) is 32.6 Å². The van der Waals surface area contributed by atoms with E-state index in [1.165, 1.54) is 0 Å². The fraction of sp³-hybridized carbons (Fsp3) is 0.643. The molecule has 0 aromatic carbocycles. The van der Waals surface area contributed by atoms with E-state index in [4.69, 9.17) is 9.47 Å². The summed E-state index contributed by atoms with van der Waals surface area (Å²) in [6.07, 6.45) is 2.07. The Morgan fingerprint density at radius 3 is 2.65 bits per heavy atom. The number of carbonyl (C=O) groups excluding carboxylic acids is 3. The molecule has 0 spiro atoms. The Labute approximate surface area is 118 Å². The first-order valence-corrected chi connectivity index (χ1v) is 6.76. The third-order valence-corrected chi connectivity index (χ3v) is 2.90. The zero-order valence-corrected chi connectivity index (χ0v) is 11.9. The Bertz CT molecular complexity index is 391. The summed E-state index contributed by atoms with van der Waals surface area (Å²) in [5, 5.41) is 0.